The third kappa shape index (κ3) is 2.65. The number of nitrogens with one attached hydrogen (secondary N) is 1. The minimum absolute atomic E-state index is 0.0457. The van der Waals surface area contributed by atoms with E-state index in [0.717, 1.165) is 22.4 Å². The number of fused-ring (bicyclic) bond motifs is 1. The summed E-state index contributed by atoms with van der Waals surface area (Å²) in [5.74, 6) is 0.713. The molecule has 6 nitrogen and oxygen atoms in total. The summed E-state index contributed by atoms with van der Waals surface area (Å²) in [6.07, 6.45) is 3.41. The van der Waals surface area contributed by atoms with Gasteiger partial charge in [0.05, 0.1) is 24.3 Å². The van der Waals surface area contributed by atoms with Crippen LogP contribution in [0.25, 0.3) is 10.9 Å². The zero-order valence-corrected chi connectivity index (χ0v) is 13.4. The standard InChI is InChI=1S/C18H18N4O2/c1-12-9-20-17(21-12)16-11-24-7-6-22(16)18(23)14-8-13-4-2-3-5-15(13)19-10-14/h2-5,8-10,16H,6-7,11H2,1H3,(H,20,21)/t16-/m0/s1. The molecule has 1 aliphatic heterocycles. The van der Waals surface area contributed by atoms with Crippen molar-refractivity contribution in [2.45, 2.75) is 13.0 Å². The van der Waals surface area contributed by atoms with Crippen molar-refractivity contribution >= 4 is 16.8 Å². The van der Waals surface area contributed by atoms with Gasteiger partial charge in [-0.05, 0) is 19.1 Å². The van der Waals surface area contributed by atoms with Gasteiger partial charge in [-0.25, -0.2) is 4.98 Å². The number of aromatic amines is 1. The molecule has 0 aliphatic carbocycles. The number of hydrogen-bond acceptors (Lipinski definition) is 4. The first-order valence-corrected chi connectivity index (χ1v) is 7.97. The minimum Gasteiger partial charge on any atom is -0.377 e. The highest BCUT2D eigenvalue weighted by Crippen LogP contribution is 2.24. The average molecular weight is 322 g/mol. The molecule has 6 heteroatoms. The second-order valence-electron chi connectivity index (χ2n) is 5.96. The van der Waals surface area contributed by atoms with Gasteiger partial charge >= 0.3 is 0 Å². The number of morpholine rings is 1. The maximum Gasteiger partial charge on any atom is 0.256 e. The Hall–Kier alpha value is -2.73. The van der Waals surface area contributed by atoms with E-state index < -0.39 is 0 Å². The molecule has 3 heterocycles. The van der Waals surface area contributed by atoms with Gasteiger partial charge in [0.1, 0.15) is 11.9 Å². The third-order valence-corrected chi connectivity index (χ3v) is 4.26. The molecule has 2 aromatic heterocycles. The Kier molecular flexibility index (Phi) is 3.74. The number of carbonyl (C=O) groups is 1. The molecule has 1 aliphatic rings. The van der Waals surface area contributed by atoms with E-state index in [1.165, 1.54) is 0 Å². The third-order valence-electron chi connectivity index (χ3n) is 4.26. The largest absolute Gasteiger partial charge is 0.377 e. The van der Waals surface area contributed by atoms with Crippen LogP contribution in [0.5, 0.6) is 0 Å². The van der Waals surface area contributed by atoms with Crippen LogP contribution in [0, 0.1) is 6.92 Å². The van der Waals surface area contributed by atoms with Gasteiger partial charge in [-0.15, -0.1) is 0 Å². The second-order valence-corrected chi connectivity index (χ2v) is 5.96. The van der Waals surface area contributed by atoms with Crippen LogP contribution >= 0.6 is 0 Å². The molecular weight excluding hydrogens is 304 g/mol. The lowest BCUT2D eigenvalue weighted by Gasteiger charge is -2.34. The summed E-state index contributed by atoms with van der Waals surface area (Å²) >= 11 is 0. The van der Waals surface area contributed by atoms with Crippen molar-refractivity contribution in [1.29, 1.82) is 0 Å². The Morgan fingerprint density at radius 2 is 2.17 bits per heavy atom. The number of H-pyrrole nitrogens is 1. The Morgan fingerprint density at radius 3 is 3.00 bits per heavy atom. The van der Waals surface area contributed by atoms with E-state index in [9.17, 15) is 4.79 Å². The summed E-state index contributed by atoms with van der Waals surface area (Å²) in [7, 11) is 0. The van der Waals surface area contributed by atoms with E-state index in [1.807, 2.05) is 42.2 Å². The Labute approximate surface area is 139 Å². The SMILES string of the molecule is Cc1cnc([C@@H]2COCCN2C(=O)c2cnc3ccccc3c2)[nH]1. The van der Waals surface area contributed by atoms with Crippen molar-refractivity contribution in [1.82, 2.24) is 19.9 Å². The first kappa shape index (κ1) is 14.8. The number of ether oxygens (including phenoxy) is 1. The van der Waals surface area contributed by atoms with Crippen molar-refractivity contribution in [2.24, 2.45) is 0 Å². The molecule has 4 rings (SSSR count). The highest BCUT2D eigenvalue weighted by Gasteiger charge is 2.31. The Balaban J connectivity index is 1.67. The van der Waals surface area contributed by atoms with Gasteiger partial charge in [0, 0.05) is 30.0 Å². The van der Waals surface area contributed by atoms with E-state index in [-0.39, 0.29) is 11.9 Å². The van der Waals surface area contributed by atoms with Crippen molar-refractivity contribution in [3.05, 3.63) is 59.8 Å². The number of aromatic nitrogens is 3. The Bertz CT molecular complexity index is 889. The zero-order chi connectivity index (χ0) is 16.5. The van der Waals surface area contributed by atoms with Crippen LogP contribution in [0.2, 0.25) is 0 Å². The van der Waals surface area contributed by atoms with Crippen LogP contribution < -0.4 is 0 Å². The van der Waals surface area contributed by atoms with Crippen molar-refractivity contribution < 1.29 is 9.53 Å². The first-order chi connectivity index (χ1) is 11.7. The first-order valence-electron chi connectivity index (χ1n) is 7.97. The number of para-hydroxylation sites is 1. The maximum absolute atomic E-state index is 13.0. The fraction of sp³-hybridized carbons (Fsp3) is 0.278. The molecule has 3 aromatic rings. The monoisotopic (exact) mass is 322 g/mol. The van der Waals surface area contributed by atoms with E-state index in [4.69, 9.17) is 4.74 Å². The molecule has 1 saturated heterocycles. The topological polar surface area (TPSA) is 71.1 Å². The normalized spacial score (nSPS) is 18.0. The quantitative estimate of drug-likeness (QED) is 0.787. The van der Waals surface area contributed by atoms with Gasteiger partial charge in [-0.3, -0.25) is 9.78 Å². The van der Waals surface area contributed by atoms with E-state index in [0.29, 0.717) is 25.3 Å². The highest BCUT2D eigenvalue weighted by atomic mass is 16.5. The summed E-state index contributed by atoms with van der Waals surface area (Å²) in [5, 5.41) is 0.960. The molecule has 122 valence electrons. The molecule has 0 unspecified atom stereocenters. The maximum atomic E-state index is 13.0. The van der Waals surface area contributed by atoms with Gasteiger partial charge in [0.15, 0.2) is 0 Å². The number of amides is 1. The fourth-order valence-electron chi connectivity index (χ4n) is 3.03. The van der Waals surface area contributed by atoms with Crippen LogP contribution in [-0.4, -0.2) is 45.5 Å². The van der Waals surface area contributed by atoms with Crippen molar-refractivity contribution in [2.75, 3.05) is 19.8 Å². The molecule has 1 fully saturated rings. The predicted octanol–water partition coefficient (Wildman–Crippen LogP) is 2.48. The van der Waals surface area contributed by atoms with Crippen molar-refractivity contribution in [3.63, 3.8) is 0 Å². The number of imidazole rings is 1. The van der Waals surface area contributed by atoms with E-state index in [2.05, 4.69) is 15.0 Å². The second kappa shape index (κ2) is 6.05. The molecule has 1 amide bonds. The molecule has 1 atom stereocenters. The molecule has 0 spiro atoms. The number of aryl methyl sites for hydroxylation is 1. The van der Waals surface area contributed by atoms with Gasteiger partial charge in [0.2, 0.25) is 0 Å². The van der Waals surface area contributed by atoms with Crippen LogP contribution in [-0.2, 0) is 4.74 Å². The average Bonchev–Trinajstić information content (AvgIpc) is 3.07. The van der Waals surface area contributed by atoms with Crippen molar-refractivity contribution in [3.8, 4) is 0 Å². The van der Waals surface area contributed by atoms with Gasteiger partial charge in [-0.1, -0.05) is 18.2 Å². The lowest BCUT2D eigenvalue weighted by molar-refractivity contribution is -0.00502. The smallest absolute Gasteiger partial charge is 0.256 e. The molecule has 0 saturated carbocycles. The fourth-order valence-corrected chi connectivity index (χ4v) is 3.03. The number of hydrogen-bond donors (Lipinski definition) is 1. The molecule has 24 heavy (non-hydrogen) atoms. The number of benzene rings is 1. The van der Waals surface area contributed by atoms with Crippen LogP contribution in [0.15, 0.2) is 42.7 Å². The summed E-state index contributed by atoms with van der Waals surface area (Å²) in [6.45, 7) is 3.46. The number of pyridine rings is 1. The molecule has 0 radical (unpaired) electrons. The van der Waals surface area contributed by atoms with Crippen LogP contribution in [0.3, 0.4) is 0 Å². The Morgan fingerprint density at radius 1 is 1.29 bits per heavy atom. The zero-order valence-electron chi connectivity index (χ0n) is 13.4. The number of nitrogens with zero attached hydrogens (tertiary/aromatic N) is 3. The summed E-state index contributed by atoms with van der Waals surface area (Å²) < 4.78 is 5.56. The van der Waals surface area contributed by atoms with Gasteiger partial charge in [0.25, 0.3) is 5.91 Å². The summed E-state index contributed by atoms with van der Waals surface area (Å²) in [5.41, 5.74) is 2.44. The summed E-state index contributed by atoms with van der Waals surface area (Å²) in [4.78, 5) is 26.8. The van der Waals surface area contributed by atoms with Gasteiger partial charge < -0.3 is 14.6 Å². The molecular formula is C18H18N4O2. The molecule has 0 bridgehead atoms. The number of carbonyl (C=O) groups excluding carboxylic acids is 1. The van der Waals surface area contributed by atoms with Gasteiger partial charge in [-0.2, -0.15) is 0 Å². The lowest BCUT2D eigenvalue weighted by atomic mass is 10.1. The molecule has 1 aromatic carbocycles. The van der Waals surface area contributed by atoms with E-state index >= 15 is 0 Å². The van der Waals surface area contributed by atoms with Crippen LogP contribution in [0.4, 0.5) is 0 Å². The molecule has 1 N–H and O–H groups in total. The number of rotatable bonds is 2. The van der Waals surface area contributed by atoms with E-state index in [1.54, 1.807) is 12.4 Å². The predicted molar refractivity (Wildman–Crippen MR) is 89.7 cm³/mol. The van der Waals surface area contributed by atoms with Crippen LogP contribution in [0.1, 0.15) is 27.9 Å². The highest BCUT2D eigenvalue weighted by molar-refractivity contribution is 5.97. The summed E-state index contributed by atoms with van der Waals surface area (Å²) in [6, 6.07) is 9.48. The minimum atomic E-state index is -0.202. The lowest BCUT2D eigenvalue weighted by Crippen LogP contribution is -2.43.